The number of allylic oxidation sites excluding steroid dienone is 2. The molecule has 0 N–H and O–H groups in total. The van der Waals surface area contributed by atoms with E-state index < -0.39 is 5.41 Å². The van der Waals surface area contributed by atoms with Crippen LogP contribution in [-0.2, 0) is 19.0 Å². The summed E-state index contributed by atoms with van der Waals surface area (Å²) < 4.78 is 33.7. The van der Waals surface area contributed by atoms with Gasteiger partial charge < -0.3 is 28.4 Å². The van der Waals surface area contributed by atoms with Crippen molar-refractivity contribution in [1.29, 1.82) is 0 Å². The van der Waals surface area contributed by atoms with Crippen molar-refractivity contribution in [3.8, 4) is 17.2 Å². The Morgan fingerprint density at radius 1 is 1.21 bits per heavy atom. The standard InChI is InChI=1S/C22H24O7/c1-6-7-22-10-16(25-4)18(23)20(26-5)21(22)29-12(2)17(22)13-8-14(24-3)19-15(9-13)27-11-28-19/h6,8-10,12,17H,1,7,11H2,2-5H3/t12-,17+,22+/m0/s1. The van der Waals surface area contributed by atoms with Crippen LogP contribution in [0.5, 0.6) is 17.2 Å². The first-order valence-corrected chi connectivity index (χ1v) is 9.36. The molecule has 0 bridgehead atoms. The van der Waals surface area contributed by atoms with Gasteiger partial charge in [0.25, 0.3) is 5.78 Å². The molecule has 3 atom stereocenters. The number of fused-ring (bicyclic) bond motifs is 2. The van der Waals surface area contributed by atoms with Gasteiger partial charge in [-0.3, -0.25) is 4.79 Å². The third-order valence-electron chi connectivity index (χ3n) is 5.72. The molecule has 0 unspecified atom stereocenters. The fourth-order valence-corrected chi connectivity index (χ4v) is 4.61. The molecule has 0 amide bonds. The summed E-state index contributed by atoms with van der Waals surface area (Å²) in [7, 11) is 4.52. The number of methoxy groups -OCH3 is 3. The molecule has 0 saturated carbocycles. The Morgan fingerprint density at radius 3 is 2.66 bits per heavy atom. The molecule has 29 heavy (non-hydrogen) atoms. The molecule has 4 rings (SSSR count). The Balaban J connectivity index is 1.94. The van der Waals surface area contributed by atoms with E-state index in [0.717, 1.165) is 5.56 Å². The number of hydrogen-bond acceptors (Lipinski definition) is 7. The van der Waals surface area contributed by atoms with Crippen molar-refractivity contribution in [2.45, 2.75) is 25.4 Å². The largest absolute Gasteiger partial charge is 0.493 e. The van der Waals surface area contributed by atoms with Crippen LogP contribution in [0.1, 0.15) is 24.8 Å². The van der Waals surface area contributed by atoms with Gasteiger partial charge >= 0.3 is 0 Å². The van der Waals surface area contributed by atoms with Crippen molar-refractivity contribution < 1.29 is 33.2 Å². The Kier molecular flexibility index (Phi) is 4.68. The smallest absolute Gasteiger partial charge is 0.265 e. The molecule has 3 aliphatic rings. The lowest BCUT2D eigenvalue weighted by molar-refractivity contribution is -0.119. The second-order valence-electron chi connectivity index (χ2n) is 7.19. The minimum Gasteiger partial charge on any atom is -0.493 e. The SMILES string of the molecule is C=CC[C@]12C=C(OC)C(=O)C(OC)=C1O[C@@H](C)[C@@H]2c1cc(OC)c2c(c1)OCO2. The number of ether oxygens (including phenoxy) is 6. The van der Waals surface area contributed by atoms with Crippen LogP contribution in [0.4, 0.5) is 0 Å². The molecule has 0 radical (unpaired) electrons. The topological polar surface area (TPSA) is 72.5 Å². The van der Waals surface area contributed by atoms with Crippen LogP contribution in [0.15, 0.2) is 48.1 Å². The van der Waals surface area contributed by atoms with Gasteiger partial charge in [0.05, 0.1) is 26.7 Å². The third kappa shape index (κ3) is 2.68. The van der Waals surface area contributed by atoms with Gasteiger partial charge in [-0.15, -0.1) is 6.58 Å². The van der Waals surface area contributed by atoms with E-state index in [-0.39, 0.29) is 36.1 Å². The summed E-state index contributed by atoms with van der Waals surface area (Å²) in [5, 5.41) is 0. The lowest BCUT2D eigenvalue weighted by Crippen LogP contribution is -2.33. The van der Waals surface area contributed by atoms with Crippen LogP contribution in [0.2, 0.25) is 0 Å². The summed E-state index contributed by atoms with van der Waals surface area (Å²) in [5.74, 6) is 2.18. The van der Waals surface area contributed by atoms with Gasteiger partial charge in [0, 0.05) is 5.92 Å². The first-order valence-electron chi connectivity index (χ1n) is 9.36. The normalized spacial score (nSPS) is 27.2. The molecule has 2 aliphatic heterocycles. The van der Waals surface area contributed by atoms with Crippen molar-refractivity contribution in [3.63, 3.8) is 0 Å². The fraction of sp³-hybridized carbons (Fsp3) is 0.409. The summed E-state index contributed by atoms with van der Waals surface area (Å²) in [6, 6.07) is 3.86. The summed E-state index contributed by atoms with van der Waals surface area (Å²) in [4.78, 5) is 12.7. The van der Waals surface area contributed by atoms with E-state index in [9.17, 15) is 4.79 Å². The van der Waals surface area contributed by atoms with E-state index >= 15 is 0 Å². The second-order valence-corrected chi connectivity index (χ2v) is 7.19. The first-order chi connectivity index (χ1) is 14.0. The molecule has 1 aromatic rings. The molecule has 0 spiro atoms. The van der Waals surface area contributed by atoms with Crippen LogP contribution in [0.3, 0.4) is 0 Å². The molecule has 2 heterocycles. The number of benzene rings is 1. The lowest BCUT2D eigenvalue weighted by atomic mass is 9.66. The minimum absolute atomic E-state index is 0.144. The monoisotopic (exact) mass is 400 g/mol. The quantitative estimate of drug-likeness (QED) is 0.677. The highest BCUT2D eigenvalue weighted by atomic mass is 16.7. The van der Waals surface area contributed by atoms with Gasteiger partial charge in [0.2, 0.25) is 18.3 Å². The Labute approximate surface area is 169 Å². The number of carbonyl (C=O) groups is 1. The third-order valence-corrected chi connectivity index (χ3v) is 5.72. The van der Waals surface area contributed by atoms with Crippen molar-refractivity contribution in [2.75, 3.05) is 28.1 Å². The van der Waals surface area contributed by atoms with Gasteiger partial charge in [0.1, 0.15) is 6.10 Å². The Morgan fingerprint density at radius 2 is 2.00 bits per heavy atom. The van der Waals surface area contributed by atoms with E-state index in [1.165, 1.54) is 14.2 Å². The molecule has 1 fully saturated rings. The van der Waals surface area contributed by atoms with E-state index in [2.05, 4.69) is 6.58 Å². The maximum Gasteiger partial charge on any atom is 0.265 e. The highest BCUT2D eigenvalue weighted by Crippen LogP contribution is 2.60. The van der Waals surface area contributed by atoms with E-state index in [4.69, 9.17) is 28.4 Å². The van der Waals surface area contributed by atoms with Crippen LogP contribution in [-0.4, -0.2) is 40.0 Å². The van der Waals surface area contributed by atoms with Crippen LogP contribution in [0.25, 0.3) is 0 Å². The highest BCUT2D eigenvalue weighted by molar-refractivity contribution is 6.07. The van der Waals surface area contributed by atoms with Crippen molar-refractivity contribution in [2.24, 2.45) is 5.41 Å². The fourth-order valence-electron chi connectivity index (χ4n) is 4.61. The van der Waals surface area contributed by atoms with Gasteiger partial charge in [-0.1, -0.05) is 6.08 Å². The van der Waals surface area contributed by atoms with Crippen molar-refractivity contribution >= 4 is 5.78 Å². The van der Waals surface area contributed by atoms with Crippen LogP contribution in [0, 0.1) is 5.41 Å². The molecule has 1 aliphatic carbocycles. The van der Waals surface area contributed by atoms with Crippen LogP contribution >= 0.6 is 0 Å². The summed E-state index contributed by atoms with van der Waals surface area (Å²) in [6.07, 6.45) is 3.92. The first kappa shape index (κ1) is 19.2. The number of Topliss-reactive ketones (excluding diaryl/α,β-unsaturated/α-hetero) is 1. The van der Waals surface area contributed by atoms with Gasteiger partial charge in [-0.05, 0) is 37.1 Å². The number of carbonyl (C=O) groups excluding carboxylic acids is 1. The average Bonchev–Trinajstić information content (AvgIpc) is 3.29. The van der Waals surface area contributed by atoms with Crippen molar-refractivity contribution in [1.82, 2.24) is 0 Å². The Bertz CT molecular complexity index is 929. The molecular formula is C22H24O7. The Hall–Kier alpha value is -3.09. The molecule has 154 valence electrons. The van der Waals surface area contributed by atoms with Crippen LogP contribution < -0.4 is 14.2 Å². The van der Waals surface area contributed by atoms with Gasteiger partial charge in [-0.2, -0.15) is 0 Å². The van der Waals surface area contributed by atoms with Gasteiger partial charge in [-0.25, -0.2) is 0 Å². The van der Waals surface area contributed by atoms with E-state index in [1.54, 1.807) is 7.11 Å². The van der Waals surface area contributed by atoms with E-state index in [1.807, 2.05) is 31.2 Å². The van der Waals surface area contributed by atoms with E-state index in [0.29, 0.717) is 29.4 Å². The summed E-state index contributed by atoms with van der Waals surface area (Å²) >= 11 is 0. The zero-order chi connectivity index (χ0) is 20.8. The molecular weight excluding hydrogens is 376 g/mol. The average molecular weight is 400 g/mol. The van der Waals surface area contributed by atoms with Crippen molar-refractivity contribution in [3.05, 3.63) is 53.7 Å². The zero-order valence-electron chi connectivity index (χ0n) is 16.9. The molecule has 7 nitrogen and oxygen atoms in total. The summed E-state index contributed by atoms with van der Waals surface area (Å²) in [5.41, 5.74) is 0.247. The number of rotatable bonds is 6. The predicted octanol–water partition coefficient (Wildman–Crippen LogP) is 3.46. The summed E-state index contributed by atoms with van der Waals surface area (Å²) in [6.45, 7) is 6.04. The minimum atomic E-state index is -0.690. The molecule has 7 heteroatoms. The maximum atomic E-state index is 12.7. The van der Waals surface area contributed by atoms with Gasteiger partial charge in [0.15, 0.2) is 23.0 Å². The number of hydrogen-bond donors (Lipinski definition) is 0. The zero-order valence-corrected chi connectivity index (χ0v) is 16.9. The molecule has 0 aromatic heterocycles. The molecule has 1 saturated heterocycles. The molecule has 1 aromatic carbocycles. The maximum absolute atomic E-state index is 12.7. The second kappa shape index (κ2) is 7.06. The highest BCUT2D eigenvalue weighted by Gasteiger charge is 2.57. The lowest BCUT2D eigenvalue weighted by Gasteiger charge is -2.34. The number of ketones is 1. The predicted molar refractivity (Wildman–Crippen MR) is 104 cm³/mol.